The quantitative estimate of drug-likeness (QED) is 0.498. The Morgan fingerprint density at radius 3 is 2.63 bits per heavy atom. The highest BCUT2D eigenvalue weighted by molar-refractivity contribution is 7.99. The summed E-state index contributed by atoms with van der Waals surface area (Å²) in [7, 11) is 4.15. The zero-order valence-corrected chi connectivity index (χ0v) is 12.9. The molecule has 108 valence electrons. The van der Waals surface area contributed by atoms with Crippen LogP contribution in [0.4, 0.5) is 0 Å². The molecule has 1 aromatic heterocycles. The minimum atomic E-state index is -0.215. The van der Waals surface area contributed by atoms with Gasteiger partial charge >= 0.3 is 0 Å². The first-order chi connectivity index (χ1) is 8.90. The van der Waals surface area contributed by atoms with E-state index >= 15 is 0 Å². The summed E-state index contributed by atoms with van der Waals surface area (Å²) in [5, 5.41) is 10.3. The molecule has 3 N–H and O–H groups in total. The Morgan fingerprint density at radius 1 is 1.42 bits per heavy atom. The highest BCUT2D eigenvalue weighted by Gasteiger charge is 2.11. The van der Waals surface area contributed by atoms with Crippen molar-refractivity contribution in [2.24, 2.45) is 5.92 Å². The van der Waals surface area contributed by atoms with Crippen LogP contribution in [-0.2, 0) is 6.42 Å². The van der Waals surface area contributed by atoms with Gasteiger partial charge in [-0.1, -0.05) is 25.6 Å². The first kappa shape index (κ1) is 16.0. The lowest BCUT2D eigenvalue weighted by atomic mass is 10.0. The zero-order valence-electron chi connectivity index (χ0n) is 12.1. The molecule has 0 aliphatic carbocycles. The molecule has 0 fully saturated rings. The lowest BCUT2D eigenvalue weighted by Crippen LogP contribution is -3.06. The number of nitrogens with zero attached hydrogens (tertiary/aromatic N) is 1. The molecule has 6 heteroatoms. The Kier molecular flexibility index (Phi) is 6.37. The molecule has 1 rings (SSSR count). The van der Waals surface area contributed by atoms with Gasteiger partial charge in [0, 0.05) is 0 Å². The molecule has 0 radical (unpaired) electrons. The second-order valence-electron chi connectivity index (χ2n) is 5.41. The number of nitrogens with one attached hydrogen (secondary N) is 2. The van der Waals surface area contributed by atoms with Crippen LogP contribution in [0.25, 0.3) is 0 Å². The third kappa shape index (κ3) is 5.65. The van der Waals surface area contributed by atoms with E-state index in [0.29, 0.717) is 23.1 Å². The first-order valence-corrected chi connectivity index (χ1v) is 7.62. The van der Waals surface area contributed by atoms with Crippen molar-refractivity contribution < 1.29 is 10.0 Å². The van der Waals surface area contributed by atoms with Crippen LogP contribution in [0.2, 0.25) is 0 Å². The molecule has 0 aliphatic rings. The number of thioether (sulfide) groups is 1. The Balaban J connectivity index is 2.71. The van der Waals surface area contributed by atoms with Gasteiger partial charge in [-0.25, -0.2) is 0 Å². The van der Waals surface area contributed by atoms with Gasteiger partial charge in [-0.15, -0.1) is 0 Å². The number of quaternary nitrogens is 1. The molecule has 0 aromatic carbocycles. The summed E-state index contributed by atoms with van der Waals surface area (Å²) in [6.07, 6.45) is 1.44. The second-order valence-corrected chi connectivity index (χ2v) is 6.49. The highest BCUT2D eigenvalue weighted by Crippen LogP contribution is 2.18. The predicted molar refractivity (Wildman–Crippen MR) is 78.1 cm³/mol. The molecule has 19 heavy (non-hydrogen) atoms. The van der Waals surface area contributed by atoms with Crippen LogP contribution >= 0.6 is 11.8 Å². The van der Waals surface area contributed by atoms with E-state index in [2.05, 4.69) is 37.9 Å². The molecular formula is C13H24N3O2S+. The van der Waals surface area contributed by atoms with Gasteiger partial charge in [0.1, 0.15) is 0 Å². The summed E-state index contributed by atoms with van der Waals surface area (Å²) in [6.45, 7) is 5.16. The third-order valence-corrected chi connectivity index (χ3v) is 3.66. The van der Waals surface area contributed by atoms with E-state index in [4.69, 9.17) is 0 Å². The molecule has 1 aromatic rings. The van der Waals surface area contributed by atoms with E-state index in [1.807, 2.05) is 0 Å². The molecule has 0 saturated carbocycles. The lowest BCUT2D eigenvalue weighted by Gasteiger charge is -2.08. The number of H-pyrrole nitrogens is 1. The predicted octanol–water partition coefficient (Wildman–Crippen LogP) is 0.301. The summed E-state index contributed by atoms with van der Waals surface area (Å²) >= 11 is 1.46. The molecular weight excluding hydrogens is 262 g/mol. The summed E-state index contributed by atoms with van der Waals surface area (Å²) < 4.78 is 0. The fourth-order valence-corrected chi connectivity index (χ4v) is 2.56. The number of aromatic amines is 1. The van der Waals surface area contributed by atoms with Crippen LogP contribution in [0, 0.1) is 5.92 Å². The molecule has 0 atom stereocenters. The number of hydrogen-bond donors (Lipinski definition) is 3. The molecule has 0 spiro atoms. The van der Waals surface area contributed by atoms with Gasteiger partial charge in [-0.3, -0.25) is 4.79 Å². The average molecular weight is 286 g/mol. The van der Waals surface area contributed by atoms with Crippen molar-refractivity contribution in [2.45, 2.75) is 31.8 Å². The molecule has 0 saturated heterocycles. The Bertz CT molecular complexity index is 458. The molecule has 1 heterocycles. The monoisotopic (exact) mass is 286 g/mol. The SMILES string of the molecule is CC(C)CCc1c(O)nc(SCC[NH+](C)C)[nH]c1=O. The van der Waals surface area contributed by atoms with Crippen molar-refractivity contribution in [3.63, 3.8) is 0 Å². The van der Waals surface area contributed by atoms with Gasteiger partial charge in [0.15, 0.2) is 5.16 Å². The summed E-state index contributed by atoms with van der Waals surface area (Å²) in [5.41, 5.74) is 0.184. The van der Waals surface area contributed by atoms with E-state index in [9.17, 15) is 9.90 Å². The summed E-state index contributed by atoms with van der Waals surface area (Å²) in [5.74, 6) is 1.23. The molecule has 0 aliphatic heterocycles. The minimum absolute atomic E-state index is 0.121. The molecule has 0 bridgehead atoms. The lowest BCUT2D eigenvalue weighted by molar-refractivity contribution is -0.855. The van der Waals surface area contributed by atoms with Crippen molar-refractivity contribution in [3.8, 4) is 5.88 Å². The average Bonchev–Trinajstić information content (AvgIpc) is 2.26. The van der Waals surface area contributed by atoms with Crippen LogP contribution in [0.3, 0.4) is 0 Å². The maximum Gasteiger partial charge on any atom is 0.258 e. The standard InChI is InChI=1S/C13H23N3O2S/c1-9(2)5-6-10-11(17)14-13(15-12(10)18)19-8-7-16(3)4/h9H,5-8H2,1-4H3,(H2,14,15,17,18)/p+1. The van der Waals surface area contributed by atoms with Crippen LogP contribution in [-0.4, -0.2) is 41.5 Å². The van der Waals surface area contributed by atoms with Crippen LogP contribution in [0.15, 0.2) is 9.95 Å². The van der Waals surface area contributed by atoms with Crippen LogP contribution in [0.1, 0.15) is 25.8 Å². The van der Waals surface area contributed by atoms with E-state index in [-0.39, 0.29) is 11.4 Å². The van der Waals surface area contributed by atoms with E-state index in [1.165, 1.54) is 16.7 Å². The summed E-state index contributed by atoms with van der Waals surface area (Å²) in [4.78, 5) is 20.0. The van der Waals surface area contributed by atoms with Crippen molar-refractivity contribution in [2.75, 3.05) is 26.4 Å². The fraction of sp³-hybridized carbons (Fsp3) is 0.692. The minimum Gasteiger partial charge on any atom is -0.493 e. The van der Waals surface area contributed by atoms with Crippen LogP contribution < -0.4 is 10.5 Å². The normalized spacial score (nSPS) is 11.5. The fourth-order valence-electron chi connectivity index (χ4n) is 1.54. The van der Waals surface area contributed by atoms with Gasteiger partial charge in [0.2, 0.25) is 5.88 Å². The van der Waals surface area contributed by atoms with Crippen molar-refractivity contribution in [1.29, 1.82) is 0 Å². The maximum absolute atomic E-state index is 11.9. The summed E-state index contributed by atoms with van der Waals surface area (Å²) in [6, 6.07) is 0. The largest absolute Gasteiger partial charge is 0.493 e. The van der Waals surface area contributed by atoms with Gasteiger partial charge in [-0.2, -0.15) is 4.98 Å². The van der Waals surface area contributed by atoms with Gasteiger partial charge in [-0.05, 0) is 18.8 Å². The van der Waals surface area contributed by atoms with Gasteiger partial charge in [0.25, 0.3) is 5.56 Å². The maximum atomic E-state index is 11.9. The molecule has 0 amide bonds. The molecule has 0 unspecified atom stereocenters. The van der Waals surface area contributed by atoms with E-state index < -0.39 is 0 Å². The third-order valence-electron chi connectivity index (χ3n) is 2.78. The van der Waals surface area contributed by atoms with Crippen LogP contribution in [0.5, 0.6) is 5.88 Å². The molecule has 5 nitrogen and oxygen atoms in total. The van der Waals surface area contributed by atoms with Crippen molar-refractivity contribution in [3.05, 3.63) is 15.9 Å². The topological polar surface area (TPSA) is 70.4 Å². The van der Waals surface area contributed by atoms with Crippen molar-refractivity contribution in [1.82, 2.24) is 9.97 Å². The number of hydrogen-bond acceptors (Lipinski definition) is 4. The van der Waals surface area contributed by atoms with Crippen molar-refractivity contribution >= 4 is 11.8 Å². The van der Waals surface area contributed by atoms with E-state index in [0.717, 1.165) is 18.7 Å². The Hall–Kier alpha value is -1.01. The highest BCUT2D eigenvalue weighted by atomic mass is 32.2. The van der Waals surface area contributed by atoms with Gasteiger partial charge in [0.05, 0.1) is 32.0 Å². The first-order valence-electron chi connectivity index (χ1n) is 6.64. The number of rotatable bonds is 7. The van der Waals surface area contributed by atoms with Gasteiger partial charge < -0.3 is 15.0 Å². The zero-order chi connectivity index (χ0) is 14.4. The number of aromatic nitrogens is 2. The Morgan fingerprint density at radius 2 is 2.11 bits per heavy atom. The Labute approximate surface area is 118 Å². The smallest absolute Gasteiger partial charge is 0.258 e. The van der Waals surface area contributed by atoms with E-state index in [1.54, 1.807) is 0 Å². The number of aromatic hydroxyl groups is 1. The second kappa shape index (κ2) is 7.55.